The molecule has 172 valence electrons. The first kappa shape index (κ1) is 22.3. The molecule has 3 heterocycles. The maximum atomic E-state index is 13.1. The largest absolute Gasteiger partial charge is 0.372 e. The minimum Gasteiger partial charge on any atom is -0.372 e. The number of carbonyl (C=O) groups is 1. The van der Waals surface area contributed by atoms with Crippen LogP contribution in [-0.2, 0) is 16.1 Å². The Morgan fingerprint density at radius 3 is 2.44 bits per heavy atom. The molecule has 1 aromatic heterocycles. The number of nitrogens with one attached hydrogen (secondary N) is 1. The third kappa shape index (κ3) is 5.68. The van der Waals surface area contributed by atoms with E-state index in [2.05, 4.69) is 25.2 Å². The second-order valence-electron chi connectivity index (χ2n) is 8.62. The molecule has 4 rings (SSSR count). The standard InChI is InChI=1S/C22H30FN7O2/c1-14-11-30(12-15(2)32-14)20(31)16-7-9-29(10-8-16)13-19-26-21(24)28-22(27-19)25-18-5-3-17(23)4-6-18/h3-6,14-16H,7-13H2,1-2H3,(H3,24,25,26,27,28). The van der Waals surface area contributed by atoms with E-state index in [0.29, 0.717) is 37.1 Å². The fraction of sp³-hybridized carbons (Fsp3) is 0.545. The first-order valence-electron chi connectivity index (χ1n) is 11.1. The van der Waals surface area contributed by atoms with Gasteiger partial charge < -0.3 is 20.7 Å². The molecular formula is C22H30FN7O2. The van der Waals surface area contributed by atoms with E-state index in [4.69, 9.17) is 10.5 Å². The van der Waals surface area contributed by atoms with Crippen LogP contribution in [0.15, 0.2) is 24.3 Å². The van der Waals surface area contributed by atoms with Gasteiger partial charge in [0.05, 0.1) is 18.8 Å². The van der Waals surface area contributed by atoms with Crippen LogP contribution in [0.1, 0.15) is 32.5 Å². The summed E-state index contributed by atoms with van der Waals surface area (Å²) in [6.07, 6.45) is 1.77. The third-order valence-corrected chi connectivity index (χ3v) is 5.83. The summed E-state index contributed by atoms with van der Waals surface area (Å²) in [5.74, 6) is 0.971. The Balaban J connectivity index is 1.32. The number of nitrogens with two attached hydrogens (primary N) is 1. The number of rotatable bonds is 5. The number of piperidine rings is 1. The van der Waals surface area contributed by atoms with Gasteiger partial charge in [-0.1, -0.05) is 0 Å². The predicted molar refractivity (Wildman–Crippen MR) is 119 cm³/mol. The molecule has 32 heavy (non-hydrogen) atoms. The summed E-state index contributed by atoms with van der Waals surface area (Å²) in [6, 6.07) is 5.92. The van der Waals surface area contributed by atoms with Crippen LogP contribution in [-0.4, -0.2) is 69.0 Å². The number of ether oxygens (including phenoxy) is 1. The van der Waals surface area contributed by atoms with Crippen molar-refractivity contribution in [3.05, 3.63) is 35.9 Å². The van der Waals surface area contributed by atoms with Gasteiger partial charge in [-0.2, -0.15) is 15.0 Å². The Labute approximate surface area is 187 Å². The number of anilines is 3. The summed E-state index contributed by atoms with van der Waals surface area (Å²) in [5.41, 5.74) is 6.53. The zero-order chi connectivity index (χ0) is 22.7. The van der Waals surface area contributed by atoms with E-state index in [-0.39, 0.29) is 35.8 Å². The van der Waals surface area contributed by atoms with E-state index >= 15 is 0 Å². The monoisotopic (exact) mass is 443 g/mol. The molecule has 1 aromatic carbocycles. The number of aromatic nitrogens is 3. The van der Waals surface area contributed by atoms with Gasteiger partial charge in [-0.3, -0.25) is 9.69 Å². The number of hydrogen-bond acceptors (Lipinski definition) is 8. The van der Waals surface area contributed by atoms with E-state index in [1.54, 1.807) is 12.1 Å². The van der Waals surface area contributed by atoms with Crippen LogP contribution in [0.5, 0.6) is 0 Å². The first-order chi connectivity index (χ1) is 15.4. The molecule has 0 saturated carbocycles. The van der Waals surface area contributed by atoms with Crippen LogP contribution in [0.3, 0.4) is 0 Å². The number of nitrogens with zero attached hydrogens (tertiary/aromatic N) is 5. The second kappa shape index (κ2) is 9.74. The Morgan fingerprint density at radius 1 is 1.12 bits per heavy atom. The lowest BCUT2D eigenvalue weighted by atomic mass is 9.94. The van der Waals surface area contributed by atoms with Gasteiger partial charge in [0, 0.05) is 24.7 Å². The summed E-state index contributed by atoms with van der Waals surface area (Å²) in [7, 11) is 0. The van der Waals surface area contributed by atoms with E-state index in [9.17, 15) is 9.18 Å². The smallest absolute Gasteiger partial charge is 0.232 e. The molecule has 0 spiro atoms. The topological polar surface area (TPSA) is 110 Å². The van der Waals surface area contributed by atoms with Gasteiger partial charge in [-0.05, 0) is 64.0 Å². The SMILES string of the molecule is CC1CN(C(=O)C2CCN(Cc3nc(N)nc(Nc4ccc(F)cc4)n3)CC2)CC(C)O1. The van der Waals surface area contributed by atoms with Gasteiger partial charge in [0.2, 0.25) is 17.8 Å². The molecule has 2 atom stereocenters. The molecular weight excluding hydrogens is 413 g/mol. The Morgan fingerprint density at radius 2 is 1.78 bits per heavy atom. The van der Waals surface area contributed by atoms with Crippen LogP contribution in [0, 0.1) is 11.7 Å². The number of hydrogen-bond donors (Lipinski definition) is 2. The highest BCUT2D eigenvalue weighted by molar-refractivity contribution is 5.79. The summed E-state index contributed by atoms with van der Waals surface area (Å²) in [4.78, 5) is 30.0. The van der Waals surface area contributed by atoms with Crippen LogP contribution < -0.4 is 11.1 Å². The summed E-state index contributed by atoms with van der Waals surface area (Å²) in [5, 5.41) is 3.03. The van der Waals surface area contributed by atoms with Crippen molar-refractivity contribution >= 4 is 23.5 Å². The molecule has 2 aliphatic heterocycles. The number of likely N-dealkylation sites (tertiary alicyclic amines) is 1. The maximum absolute atomic E-state index is 13.1. The molecule has 0 aliphatic carbocycles. The van der Waals surface area contributed by atoms with Gasteiger partial charge in [0.1, 0.15) is 11.6 Å². The molecule has 0 radical (unpaired) electrons. The lowest BCUT2D eigenvalue weighted by Gasteiger charge is -2.39. The van der Waals surface area contributed by atoms with Crippen molar-refractivity contribution < 1.29 is 13.9 Å². The van der Waals surface area contributed by atoms with Gasteiger partial charge >= 0.3 is 0 Å². The van der Waals surface area contributed by atoms with E-state index in [1.807, 2.05) is 18.7 Å². The highest BCUT2D eigenvalue weighted by Crippen LogP contribution is 2.23. The molecule has 2 fully saturated rings. The predicted octanol–water partition coefficient (Wildman–Crippen LogP) is 2.18. The minimum atomic E-state index is -0.314. The highest BCUT2D eigenvalue weighted by Gasteiger charge is 2.32. The number of morpholine rings is 1. The normalized spacial score (nSPS) is 22.7. The molecule has 10 heteroatoms. The Hall–Kier alpha value is -2.85. The fourth-order valence-corrected chi connectivity index (χ4v) is 4.38. The van der Waals surface area contributed by atoms with Gasteiger partial charge in [0.25, 0.3) is 0 Å². The van der Waals surface area contributed by atoms with Crippen molar-refractivity contribution in [2.75, 3.05) is 37.2 Å². The van der Waals surface area contributed by atoms with Crippen LogP contribution in [0.2, 0.25) is 0 Å². The van der Waals surface area contributed by atoms with Crippen molar-refractivity contribution in [3.8, 4) is 0 Å². The van der Waals surface area contributed by atoms with E-state index in [1.165, 1.54) is 12.1 Å². The average Bonchev–Trinajstić information content (AvgIpc) is 2.74. The molecule has 9 nitrogen and oxygen atoms in total. The van der Waals surface area contributed by atoms with Gasteiger partial charge in [-0.15, -0.1) is 0 Å². The minimum absolute atomic E-state index is 0.0443. The molecule has 2 saturated heterocycles. The van der Waals surface area contributed by atoms with Crippen molar-refractivity contribution in [3.63, 3.8) is 0 Å². The molecule has 2 aromatic rings. The van der Waals surface area contributed by atoms with Crippen molar-refractivity contribution in [2.45, 2.75) is 45.4 Å². The number of carbonyl (C=O) groups excluding carboxylic acids is 1. The first-order valence-corrected chi connectivity index (χ1v) is 11.1. The second-order valence-corrected chi connectivity index (χ2v) is 8.62. The molecule has 2 unspecified atom stereocenters. The third-order valence-electron chi connectivity index (χ3n) is 5.83. The summed E-state index contributed by atoms with van der Waals surface area (Å²) in [6.45, 7) is 7.46. The van der Waals surface area contributed by atoms with Gasteiger partial charge in [-0.25, -0.2) is 4.39 Å². The fourth-order valence-electron chi connectivity index (χ4n) is 4.38. The molecule has 2 aliphatic rings. The summed E-state index contributed by atoms with van der Waals surface area (Å²) >= 11 is 0. The zero-order valence-corrected chi connectivity index (χ0v) is 18.5. The lowest BCUT2D eigenvalue weighted by molar-refractivity contribution is -0.148. The number of amides is 1. The quantitative estimate of drug-likeness (QED) is 0.724. The Kier molecular flexibility index (Phi) is 6.80. The van der Waals surface area contributed by atoms with Crippen molar-refractivity contribution in [1.82, 2.24) is 24.8 Å². The molecule has 0 bridgehead atoms. The van der Waals surface area contributed by atoms with E-state index in [0.717, 1.165) is 25.9 Å². The highest BCUT2D eigenvalue weighted by atomic mass is 19.1. The van der Waals surface area contributed by atoms with Crippen LogP contribution in [0.25, 0.3) is 0 Å². The number of nitrogen functional groups attached to an aromatic ring is 1. The maximum Gasteiger partial charge on any atom is 0.232 e. The number of halogens is 1. The zero-order valence-electron chi connectivity index (χ0n) is 18.5. The van der Waals surface area contributed by atoms with Crippen molar-refractivity contribution in [2.24, 2.45) is 5.92 Å². The lowest BCUT2D eigenvalue weighted by Crippen LogP contribution is -2.51. The van der Waals surface area contributed by atoms with Crippen molar-refractivity contribution in [1.29, 1.82) is 0 Å². The van der Waals surface area contributed by atoms with E-state index < -0.39 is 0 Å². The Bertz CT molecular complexity index is 924. The van der Waals surface area contributed by atoms with Crippen LogP contribution >= 0.6 is 0 Å². The average molecular weight is 444 g/mol. The van der Waals surface area contributed by atoms with Gasteiger partial charge in [0.15, 0.2) is 0 Å². The summed E-state index contributed by atoms with van der Waals surface area (Å²) < 4.78 is 18.9. The van der Waals surface area contributed by atoms with Crippen LogP contribution in [0.4, 0.5) is 22.0 Å². The molecule has 1 amide bonds. The molecule has 3 N–H and O–H groups in total. The number of benzene rings is 1.